The van der Waals surface area contributed by atoms with Crippen LogP contribution in [0.1, 0.15) is 44.4 Å². The van der Waals surface area contributed by atoms with Crippen LogP contribution < -0.4 is 19.7 Å². The fourth-order valence-corrected chi connectivity index (χ4v) is 3.93. The predicted octanol–water partition coefficient (Wildman–Crippen LogP) is 2.99. The first-order chi connectivity index (χ1) is 17.2. The van der Waals surface area contributed by atoms with E-state index in [1.807, 2.05) is 49.3 Å². The summed E-state index contributed by atoms with van der Waals surface area (Å²) in [5.74, 6) is -3.69. The molecule has 2 unspecified atom stereocenters. The van der Waals surface area contributed by atoms with Crippen LogP contribution in [0.4, 0.5) is 5.69 Å². The molecule has 0 bridgehead atoms. The zero-order valence-electron chi connectivity index (χ0n) is 21.6. The van der Waals surface area contributed by atoms with Crippen LogP contribution in [0.2, 0.25) is 0 Å². The molecule has 2 N–H and O–H groups in total. The number of carbonyl (C=O) groups excluding carboxylic acids is 2. The standard InChI is InChI=1S/C27H36N2O7/c1-6-20(28-17-22(30)19-10-9-11-21(16-19)29(4)5)14-18-12-13-23-24(15-18)36-27(35-23,25(31)33-7-2)26(32)34-8-3/h9-13,15-16,20,22,28,30H,6-8,14,17H2,1-5H3. The first-order valence-electron chi connectivity index (χ1n) is 12.3. The Kier molecular flexibility index (Phi) is 9.17. The lowest BCUT2D eigenvalue weighted by atomic mass is 10.0. The number of hydrogen-bond acceptors (Lipinski definition) is 9. The molecule has 2 aromatic carbocycles. The molecule has 196 valence electrons. The number of ether oxygens (including phenoxy) is 4. The summed E-state index contributed by atoms with van der Waals surface area (Å²) in [5.41, 5.74) is 2.80. The Morgan fingerprint density at radius 1 is 1.00 bits per heavy atom. The van der Waals surface area contributed by atoms with Gasteiger partial charge in [0.1, 0.15) is 0 Å². The van der Waals surface area contributed by atoms with Gasteiger partial charge < -0.3 is 34.3 Å². The van der Waals surface area contributed by atoms with Crippen LogP contribution >= 0.6 is 0 Å². The fraction of sp³-hybridized carbons (Fsp3) is 0.481. The SMILES string of the molecule is CCOC(=O)C1(C(=O)OCC)Oc2ccc(CC(CC)NCC(O)c3cccc(N(C)C)c3)cc2O1. The maximum Gasteiger partial charge on any atom is 0.453 e. The highest BCUT2D eigenvalue weighted by molar-refractivity contribution is 6.03. The van der Waals surface area contributed by atoms with E-state index in [0.29, 0.717) is 13.0 Å². The van der Waals surface area contributed by atoms with Crippen molar-refractivity contribution in [2.45, 2.75) is 51.5 Å². The van der Waals surface area contributed by atoms with Gasteiger partial charge in [-0.05, 0) is 62.1 Å². The molecule has 1 heterocycles. The molecular weight excluding hydrogens is 464 g/mol. The number of fused-ring (bicyclic) bond motifs is 1. The molecule has 1 aliphatic rings. The molecule has 9 nitrogen and oxygen atoms in total. The Labute approximate surface area is 212 Å². The third-order valence-electron chi connectivity index (χ3n) is 5.95. The lowest BCUT2D eigenvalue weighted by Crippen LogP contribution is -2.55. The fourth-order valence-electron chi connectivity index (χ4n) is 3.93. The summed E-state index contributed by atoms with van der Waals surface area (Å²) in [6, 6.07) is 13.2. The Morgan fingerprint density at radius 2 is 1.67 bits per heavy atom. The molecule has 2 aromatic rings. The van der Waals surface area contributed by atoms with Crippen molar-refractivity contribution in [2.75, 3.05) is 38.8 Å². The van der Waals surface area contributed by atoms with Gasteiger partial charge in [-0.25, -0.2) is 9.59 Å². The van der Waals surface area contributed by atoms with Crippen molar-refractivity contribution in [3.63, 3.8) is 0 Å². The van der Waals surface area contributed by atoms with E-state index >= 15 is 0 Å². The third-order valence-corrected chi connectivity index (χ3v) is 5.95. The second-order valence-electron chi connectivity index (χ2n) is 8.77. The molecular formula is C27H36N2O7. The maximum atomic E-state index is 12.6. The molecule has 0 amide bonds. The minimum atomic E-state index is -2.30. The summed E-state index contributed by atoms with van der Waals surface area (Å²) >= 11 is 0. The van der Waals surface area contributed by atoms with Crippen molar-refractivity contribution in [2.24, 2.45) is 0 Å². The molecule has 9 heteroatoms. The van der Waals surface area contributed by atoms with Crippen molar-refractivity contribution in [3.8, 4) is 11.5 Å². The number of nitrogens with zero attached hydrogens (tertiary/aromatic N) is 1. The normalized spacial score (nSPS) is 15.2. The van der Waals surface area contributed by atoms with Crippen LogP contribution in [0.15, 0.2) is 42.5 Å². The smallest absolute Gasteiger partial charge is 0.453 e. The first kappa shape index (κ1) is 27.3. The highest BCUT2D eigenvalue weighted by Gasteiger charge is 2.59. The molecule has 0 radical (unpaired) electrons. The number of hydrogen-bond donors (Lipinski definition) is 2. The number of benzene rings is 2. The largest absolute Gasteiger partial charge is 0.460 e. The van der Waals surface area contributed by atoms with E-state index in [-0.39, 0.29) is 30.8 Å². The van der Waals surface area contributed by atoms with Crippen LogP contribution in [0.25, 0.3) is 0 Å². The predicted molar refractivity (Wildman–Crippen MR) is 135 cm³/mol. The van der Waals surface area contributed by atoms with Crippen LogP contribution in [0.5, 0.6) is 11.5 Å². The Morgan fingerprint density at radius 3 is 2.28 bits per heavy atom. The van der Waals surface area contributed by atoms with Crippen LogP contribution in [-0.2, 0) is 25.5 Å². The Bertz CT molecular complexity index is 1040. The zero-order chi connectivity index (χ0) is 26.3. The third kappa shape index (κ3) is 6.09. The lowest BCUT2D eigenvalue weighted by molar-refractivity contribution is -0.202. The lowest BCUT2D eigenvalue weighted by Gasteiger charge is -2.22. The van der Waals surface area contributed by atoms with Crippen LogP contribution in [0, 0.1) is 0 Å². The summed E-state index contributed by atoms with van der Waals surface area (Å²) in [5, 5.41) is 14.1. The monoisotopic (exact) mass is 500 g/mol. The van der Waals surface area contributed by atoms with Gasteiger partial charge in [0.05, 0.1) is 19.3 Å². The van der Waals surface area contributed by atoms with Gasteiger partial charge in [-0.3, -0.25) is 0 Å². The molecule has 0 fully saturated rings. The first-order valence-corrected chi connectivity index (χ1v) is 12.3. The number of esters is 2. The summed E-state index contributed by atoms with van der Waals surface area (Å²) in [4.78, 5) is 27.1. The second kappa shape index (κ2) is 12.1. The molecule has 0 saturated heterocycles. The molecule has 0 spiro atoms. The van der Waals surface area contributed by atoms with Crippen LogP contribution in [-0.4, -0.2) is 62.7 Å². The van der Waals surface area contributed by atoms with Crippen molar-refractivity contribution < 1.29 is 33.6 Å². The van der Waals surface area contributed by atoms with E-state index < -0.39 is 23.8 Å². The molecule has 2 atom stereocenters. The van der Waals surface area contributed by atoms with E-state index in [0.717, 1.165) is 23.2 Å². The van der Waals surface area contributed by atoms with Gasteiger partial charge in [0.15, 0.2) is 11.5 Å². The number of aliphatic hydroxyl groups excluding tert-OH is 1. The van der Waals surface area contributed by atoms with E-state index in [9.17, 15) is 14.7 Å². The Balaban J connectivity index is 1.68. The molecule has 3 rings (SSSR count). The van der Waals surface area contributed by atoms with E-state index in [1.54, 1.807) is 26.0 Å². The van der Waals surface area contributed by atoms with Crippen molar-refractivity contribution in [1.29, 1.82) is 0 Å². The summed E-state index contributed by atoms with van der Waals surface area (Å²) < 4.78 is 21.4. The highest BCUT2D eigenvalue weighted by atomic mass is 16.8. The van der Waals surface area contributed by atoms with Crippen molar-refractivity contribution in [1.82, 2.24) is 5.32 Å². The maximum absolute atomic E-state index is 12.6. The van der Waals surface area contributed by atoms with E-state index in [2.05, 4.69) is 12.2 Å². The highest BCUT2D eigenvalue weighted by Crippen LogP contribution is 2.41. The van der Waals surface area contributed by atoms with Crippen molar-refractivity contribution in [3.05, 3.63) is 53.6 Å². The molecule has 0 aromatic heterocycles. The van der Waals surface area contributed by atoms with E-state index in [4.69, 9.17) is 18.9 Å². The van der Waals surface area contributed by atoms with Gasteiger partial charge in [0.2, 0.25) is 0 Å². The van der Waals surface area contributed by atoms with Gasteiger partial charge in [0.25, 0.3) is 0 Å². The second-order valence-corrected chi connectivity index (χ2v) is 8.77. The Hall–Kier alpha value is -3.30. The quantitative estimate of drug-likeness (QED) is 0.336. The topological polar surface area (TPSA) is 107 Å². The summed E-state index contributed by atoms with van der Waals surface area (Å²) in [7, 11) is 3.93. The minimum absolute atomic E-state index is 0.0590. The molecule has 36 heavy (non-hydrogen) atoms. The average Bonchev–Trinajstić information content (AvgIpc) is 3.27. The van der Waals surface area contributed by atoms with Gasteiger partial charge in [0, 0.05) is 32.4 Å². The minimum Gasteiger partial charge on any atom is -0.460 e. The summed E-state index contributed by atoms with van der Waals surface area (Å²) in [6.07, 6.45) is 0.822. The van der Waals surface area contributed by atoms with E-state index in [1.165, 1.54) is 0 Å². The number of aliphatic hydroxyl groups is 1. The molecule has 1 aliphatic heterocycles. The van der Waals surface area contributed by atoms with Gasteiger partial charge in [-0.15, -0.1) is 0 Å². The number of carbonyl (C=O) groups is 2. The van der Waals surface area contributed by atoms with Gasteiger partial charge in [-0.2, -0.15) is 0 Å². The van der Waals surface area contributed by atoms with Crippen LogP contribution in [0.3, 0.4) is 0 Å². The number of rotatable bonds is 12. The average molecular weight is 501 g/mol. The molecule has 0 aliphatic carbocycles. The molecule has 0 saturated carbocycles. The summed E-state index contributed by atoms with van der Waals surface area (Å²) in [6.45, 7) is 5.84. The number of nitrogens with one attached hydrogen (secondary N) is 1. The van der Waals surface area contributed by atoms with Gasteiger partial charge >= 0.3 is 17.7 Å². The van der Waals surface area contributed by atoms with Crippen molar-refractivity contribution >= 4 is 17.6 Å². The number of anilines is 1. The van der Waals surface area contributed by atoms with Gasteiger partial charge in [-0.1, -0.05) is 25.1 Å². The zero-order valence-corrected chi connectivity index (χ0v) is 21.6.